The average Bonchev–Trinajstić information content (AvgIpc) is 2.87. The monoisotopic (exact) mass is 395 g/mol. The van der Waals surface area contributed by atoms with E-state index in [1.165, 1.54) is 31.6 Å². The lowest BCUT2D eigenvalue weighted by atomic mass is 10.4. The van der Waals surface area contributed by atoms with Crippen molar-refractivity contribution in [2.24, 2.45) is 4.99 Å². The number of nitrogens with zero attached hydrogens (tertiary/aromatic N) is 3. The number of hydrogen-bond acceptors (Lipinski definition) is 4. The second kappa shape index (κ2) is 13.0. The van der Waals surface area contributed by atoms with Gasteiger partial charge in [0.1, 0.15) is 5.82 Å². The van der Waals surface area contributed by atoms with E-state index in [0.29, 0.717) is 0 Å². The molecule has 0 aromatic heterocycles. The highest BCUT2D eigenvalue weighted by Gasteiger charge is 2.11. The maximum atomic E-state index is 12.9. The molecule has 2 rings (SSSR count). The summed E-state index contributed by atoms with van der Waals surface area (Å²) in [6, 6.07) is 6.68. The fourth-order valence-corrected chi connectivity index (χ4v) is 3.81. The summed E-state index contributed by atoms with van der Waals surface area (Å²) in [4.78, 5) is 10.7. The van der Waals surface area contributed by atoms with E-state index in [1.807, 2.05) is 12.1 Å². The van der Waals surface area contributed by atoms with E-state index in [0.717, 1.165) is 62.3 Å². The Kier molecular flexibility index (Phi) is 10.6. The molecule has 1 aromatic carbocycles. The van der Waals surface area contributed by atoms with Crippen molar-refractivity contribution in [3.05, 3.63) is 30.1 Å². The van der Waals surface area contributed by atoms with Gasteiger partial charge in [-0.15, -0.1) is 11.8 Å². The predicted octanol–water partition coefficient (Wildman–Crippen LogP) is 2.50. The quantitative estimate of drug-likeness (QED) is 0.291. The number of likely N-dealkylation sites (N-methyl/N-ethyl adjacent to an activating group) is 1. The van der Waals surface area contributed by atoms with Crippen LogP contribution >= 0.6 is 11.8 Å². The van der Waals surface area contributed by atoms with E-state index in [9.17, 15) is 4.39 Å². The van der Waals surface area contributed by atoms with Crippen molar-refractivity contribution in [2.75, 3.05) is 65.2 Å². The van der Waals surface area contributed by atoms with Crippen LogP contribution in [-0.2, 0) is 0 Å². The molecule has 1 aromatic rings. The zero-order valence-electron chi connectivity index (χ0n) is 16.7. The summed E-state index contributed by atoms with van der Waals surface area (Å²) in [5.41, 5.74) is 0. The first-order valence-corrected chi connectivity index (χ1v) is 11.0. The third kappa shape index (κ3) is 9.44. The predicted molar refractivity (Wildman–Crippen MR) is 114 cm³/mol. The minimum Gasteiger partial charge on any atom is -0.357 e. The Morgan fingerprint density at radius 3 is 2.74 bits per heavy atom. The van der Waals surface area contributed by atoms with Crippen LogP contribution in [0.2, 0.25) is 0 Å². The third-order valence-corrected chi connectivity index (χ3v) is 5.63. The van der Waals surface area contributed by atoms with Gasteiger partial charge in [-0.25, -0.2) is 4.39 Å². The minimum absolute atomic E-state index is 0.183. The van der Waals surface area contributed by atoms with E-state index in [4.69, 9.17) is 0 Å². The molecule has 0 unspecified atom stereocenters. The Hall–Kier alpha value is -1.31. The summed E-state index contributed by atoms with van der Waals surface area (Å²) in [7, 11) is 2.20. The zero-order chi connectivity index (χ0) is 19.3. The van der Waals surface area contributed by atoms with Gasteiger partial charge in [-0.2, -0.15) is 0 Å². The van der Waals surface area contributed by atoms with Gasteiger partial charge in [0.15, 0.2) is 5.96 Å². The largest absolute Gasteiger partial charge is 0.357 e. The van der Waals surface area contributed by atoms with Gasteiger partial charge in [0, 0.05) is 44.2 Å². The van der Waals surface area contributed by atoms with E-state index < -0.39 is 0 Å². The molecule has 1 saturated heterocycles. The summed E-state index contributed by atoms with van der Waals surface area (Å²) >= 11 is 1.75. The van der Waals surface area contributed by atoms with Gasteiger partial charge in [0.05, 0.1) is 0 Å². The fraction of sp³-hybridized carbons (Fsp3) is 0.650. The van der Waals surface area contributed by atoms with Crippen molar-refractivity contribution in [3.8, 4) is 0 Å². The van der Waals surface area contributed by atoms with Gasteiger partial charge < -0.3 is 20.4 Å². The van der Waals surface area contributed by atoms with Crippen LogP contribution in [0.4, 0.5) is 4.39 Å². The molecule has 1 fully saturated rings. The topological polar surface area (TPSA) is 42.9 Å². The van der Waals surface area contributed by atoms with Crippen molar-refractivity contribution in [1.29, 1.82) is 0 Å². The normalized spacial score (nSPS) is 16.9. The molecule has 152 valence electrons. The van der Waals surface area contributed by atoms with Crippen molar-refractivity contribution in [2.45, 2.75) is 24.7 Å². The number of thioether (sulfide) groups is 1. The summed E-state index contributed by atoms with van der Waals surface area (Å²) in [5.74, 6) is 1.70. The van der Waals surface area contributed by atoms with E-state index >= 15 is 0 Å². The van der Waals surface area contributed by atoms with E-state index in [2.05, 4.69) is 39.4 Å². The summed E-state index contributed by atoms with van der Waals surface area (Å²) in [6.07, 6.45) is 2.24. The van der Waals surface area contributed by atoms with Crippen LogP contribution in [0.25, 0.3) is 0 Å². The van der Waals surface area contributed by atoms with Crippen LogP contribution in [0.15, 0.2) is 34.2 Å². The van der Waals surface area contributed by atoms with Gasteiger partial charge >= 0.3 is 0 Å². The lowest BCUT2D eigenvalue weighted by Gasteiger charge is -2.21. The van der Waals surface area contributed by atoms with Crippen LogP contribution in [0.3, 0.4) is 0 Å². The molecule has 1 aliphatic rings. The lowest BCUT2D eigenvalue weighted by molar-refractivity contribution is 0.280. The minimum atomic E-state index is -0.183. The van der Waals surface area contributed by atoms with Gasteiger partial charge in [-0.1, -0.05) is 0 Å². The lowest BCUT2D eigenvalue weighted by Crippen LogP contribution is -2.42. The van der Waals surface area contributed by atoms with Gasteiger partial charge in [0.25, 0.3) is 0 Å². The van der Waals surface area contributed by atoms with Crippen molar-refractivity contribution >= 4 is 17.7 Å². The van der Waals surface area contributed by atoms with Crippen LogP contribution in [0.5, 0.6) is 0 Å². The number of nitrogens with one attached hydrogen (secondary N) is 2. The van der Waals surface area contributed by atoms with Crippen LogP contribution < -0.4 is 10.6 Å². The highest BCUT2D eigenvalue weighted by molar-refractivity contribution is 7.99. The Morgan fingerprint density at radius 2 is 1.96 bits per heavy atom. The van der Waals surface area contributed by atoms with Crippen molar-refractivity contribution in [3.63, 3.8) is 0 Å². The molecule has 27 heavy (non-hydrogen) atoms. The standard InChI is InChI=1S/C20H34FN5S/c1-3-22-20(24-11-14-26-13-5-12-25(2)15-16-26)23-10-4-17-27-19-8-6-18(21)7-9-19/h6-9H,3-5,10-17H2,1-2H3,(H2,22,23,24). The number of hydrogen-bond donors (Lipinski definition) is 2. The van der Waals surface area contributed by atoms with E-state index in [-0.39, 0.29) is 5.82 Å². The molecule has 0 spiro atoms. The molecular formula is C20H34FN5S. The third-order valence-electron chi connectivity index (χ3n) is 4.53. The fourth-order valence-electron chi connectivity index (χ4n) is 2.97. The zero-order valence-corrected chi connectivity index (χ0v) is 17.5. The Bertz CT molecular complexity index is 552. The maximum Gasteiger partial charge on any atom is 0.191 e. The molecule has 7 heteroatoms. The molecule has 0 amide bonds. The van der Waals surface area contributed by atoms with Crippen LogP contribution in [-0.4, -0.2) is 80.9 Å². The number of benzene rings is 1. The van der Waals surface area contributed by atoms with Gasteiger partial charge in [0.2, 0.25) is 0 Å². The Morgan fingerprint density at radius 1 is 1.15 bits per heavy atom. The summed E-state index contributed by atoms with van der Waals surface area (Å²) in [5, 5.41) is 6.77. The van der Waals surface area contributed by atoms with Crippen molar-refractivity contribution in [1.82, 2.24) is 20.4 Å². The molecule has 0 atom stereocenters. The number of guanidine groups is 1. The highest BCUT2D eigenvalue weighted by Crippen LogP contribution is 2.18. The molecule has 0 bridgehead atoms. The maximum absolute atomic E-state index is 12.9. The molecule has 5 nitrogen and oxygen atoms in total. The van der Waals surface area contributed by atoms with Gasteiger partial charge in [-0.05, 0) is 69.9 Å². The second-order valence-electron chi connectivity index (χ2n) is 6.84. The van der Waals surface area contributed by atoms with Crippen LogP contribution in [0.1, 0.15) is 19.8 Å². The molecule has 0 radical (unpaired) electrons. The summed E-state index contributed by atoms with van der Waals surface area (Å²) in [6.45, 7) is 10.4. The summed E-state index contributed by atoms with van der Waals surface area (Å²) < 4.78 is 12.9. The van der Waals surface area contributed by atoms with E-state index in [1.54, 1.807) is 11.8 Å². The number of aliphatic imine (C=N–C) groups is 1. The van der Waals surface area contributed by atoms with Crippen LogP contribution in [0, 0.1) is 5.82 Å². The number of halogens is 1. The second-order valence-corrected chi connectivity index (χ2v) is 8.01. The molecule has 0 aliphatic carbocycles. The van der Waals surface area contributed by atoms with Crippen molar-refractivity contribution < 1.29 is 4.39 Å². The first-order valence-electron chi connectivity index (χ1n) is 9.99. The number of rotatable bonds is 9. The SMILES string of the molecule is CCNC(=NCCCSc1ccc(F)cc1)NCCN1CCCN(C)CC1. The molecule has 0 saturated carbocycles. The molecular weight excluding hydrogens is 361 g/mol. The Balaban J connectivity index is 1.63. The molecule has 1 aliphatic heterocycles. The highest BCUT2D eigenvalue weighted by atomic mass is 32.2. The molecule has 1 heterocycles. The first-order chi connectivity index (χ1) is 13.2. The van der Waals surface area contributed by atoms with Gasteiger partial charge in [-0.3, -0.25) is 4.99 Å². The molecule has 2 N–H and O–H groups in total. The average molecular weight is 396 g/mol. The Labute approximate surface area is 167 Å². The smallest absolute Gasteiger partial charge is 0.191 e. The first kappa shape index (κ1) is 22.0.